The minimum absolute atomic E-state index is 0.247. The van der Waals surface area contributed by atoms with Gasteiger partial charge in [-0.25, -0.2) is 8.78 Å². The predicted octanol–water partition coefficient (Wildman–Crippen LogP) is 2.87. The number of methoxy groups -OCH3 is 1. The molecule has 0 aromatic heterocycles. The summed E-state index contributed by atoms with van der Waals surface area (Å²) in [5.74, 6) is -2.71. The molecule has 1 aliphatic rings. The minimum atomic E-state index is -2.68. The molecule has 0 saturated carbocycles. The van der Waals surface area contributed by atoms with E-state index in [0.29, 0.717) is 24.3 Å². The van der Waals surface area contributed by atoms with Gasteiger partial charge in [0.15, 0.2) is 0 Å². The number of ether oxygens (including phenoxy) is 1. The molecular formula is C14H19F2NO. The molecule has 0 amide bonds. The normalized spacial score (nSPS) is 20.7. The average molecular weight is 255 g/mol. The van der Waals surface area contributed by atoms with E-state index in [0.717, 1.165) is 13.0 Å². The molecule has 100 valence electrons. The molecule has 1 unspecified atom stereocenters. The molecule has 1 aromatic rings. The Kier molecular flexibility index (Phi) is 4.17. The van der Waals surface area contributed by atoms with Crippen LogP contribution in [0.4, 0.5) is 8.78 Å². The smallest absolute Gasteiger partial charge is 0.256 e. The van der Waals surface area contributed by atoms with Crippen LogP contribution in [0, 0.1) is 5.92 Å². The van der Waals surface area contributed by atoms with Gasteiger partial charge in [0, 0.05) is 24.4 Å². The van der Waals surface area contributed by atoms with E-state index in [-0.39, 0.29) is 6.42 Å². The third kappa shape index (κ3) is 2.99. The maximum atomic E-state index is 14.2. The van der Waals surface area contributed by atoms with Gasteiger partial charge in [-0.05, 0) is 25.5 Å². The molecule has 0 bridgehead atoms. The fraction of sp³-hybridized carbons (Fsp3) is 0.571. The van der Waals surface area contributed by atoms with Crippen LogP contribution in [0.1, 0.15) is 18.4 Å². The minimum Gasteiger partial charge on any atom is -0.496 e. The molecule has 2 rings (SSSR count). The monoisotopic (exact) mass is 255 g/mol. The van der Waals surface area contributed by atoms with E-state index < -0.39 is 11.8 Å². The first-order valence-electron chi connectivity index (χ1n) is 6.34. The Morgan fingerprint density at radius 3 is 2.83 bits per heavy atom. The maximum Gasteiger partial charge on any atom is 0.256 e. The number of hydrogen-bond acceptors (Lipinski definition) is 2. The van der Waals surface area contributed by atoms with Crippen molar-refractivity contribution in [2.45, 2.75) is 25.2 Å². The molecule has 4 heteroatoms. The quantitative estimate of drug-likeness (QED) is 0.893. The van der Waals surface area contributed by atoms with Crippen LogP contribution in [0.15, 0.2) is 24.3 Å². The third-order valence-corrected chi connectivity index (χ3v) is 3.51. The molecule has 0 spiro atoms. The van der Waals surface area contributed by atoms with E-state index in [4.69, 9.17) is 4.74 Å². The van der Waals surface area contributed by atoms with Gasteiger partial charge in [-0.1, -0.05) is 18.2 Å². The zero-order valence-electron chi connectivity index (χ0n) is 10.6. The van der Waals surface area contributed by atoms with Gasteiger partial charge < -0.3 is 10.1 Å². The van der Waals surface area contributed by atoms with Gasteiger partial charge in [-0.15, -0.1) is 0 Å². The first kappa shape index (κ1) is 13.3. The van der Waals surface area contributed by atoms with Crippen molar-refractivity contribution in [3.8, 4) is 5.75 Å². The molecule has 1 atom stereocenters. The van der Waals surface area contributed by atoms with E-state index in [1.807, 2.05) is 0 Å². The molecule has 1 fully saturated rings. The number of halogens is 2. The number of hydrogen-bond donors (Lipinski definition) is 1. The second-order valence-corrected chi connectivity index (χ2v) is 4.79. The molecule has 1 aliphatic heterocycles. The van der Waals surface area contributed by atoms with Crippen LogP contribution < -0.4 is 10.1 Å². The third-order valence-electron chi connectivity index (χ3n) is 3.51. The highest BCUT2D eigenvalue weighted by molar-refractivity contribution is 5.34. The Hall–Kier alpha value is -1.16. The van der Waals surface area contributed by atoms with E-state index in [9.17, 15) is 8.78 Å². The van der Waals surface area contributed by atoms with Crippen molar-refractivity contribution in [2.75, 3.05) is 20.2 Å². The maximum absolute atomic E-state index is 14.2. The Morgan fingerprint density at radius 2 is 2.17 bits per heavy atom. The summed E-state index contributed by atoms with van der Waals surface area (Å²) in [5, 5.41) is 3.04. The molecule has 18 heavy (non-hydrogen) atoms. The molecule has 1 N–H and O–H groups in total. The van der Waals surface area contributed by atoms with Crippen LogP contribution >= 0.6 is 0 Å². The number of alkyl halides is 2. The highest BCUT2D eigenvalue weighted by Crippen LogP contribution is 2.35. The molecule has 1 aromatic carbocycles. The standard InChI is InChI=1S/C14H19F2NO/c1-18-13-7-3-2-5-11(13)9-14(15,16)12-6-4-8-17-10-12/h2-3,5,7,12,17H,4,6,8-10H2,1H3. The fourth-order valence-corrected chi connectivity index (χ4v) is 2.46. The summed E-state index contributed by atoms with van der Waals surface area (Å²) in [5.41, 5.74) is 0.579. The SMILES string of the molecule is COc1ccccc1CC(F)(F)C1CCCNC1. The van der Waals surface area contributed by atoms with E-state index in [1.54, 1.807) is 24.3 Å². The van der Waals surface area contributed by atoms with Crippen molar-refractivity contribution in [1.29, 1.82) is 0 Å². The number of benzene rings is 1. The predicted molar refractivity (Wildman–Crippen MR) is 67.2 cm³/mol. The van der Waals surface area contributed by atoms with Gasteiger partial charge in [0.2, 0.25) is 0 Å². The molecular weight excluding hydrogens is 236 g/mol. The Labute approximate surface area is 106 Å². The molecule has 2 nitrogen and oxygen atoms in total. The van der Waals surface area contributed by atoms with Gasteiger partial charge in [0.1, 0.15) is 5.75 Å². The number of para-hydroxylation sites is 1. The van der Waals surface area contributed by atoms with Crippen molar-refractivity contribution in [3.05, 3.63) is 29.8 Å². The Morgan fingerprint density at radius 1 is 1.39 bits per heavy atom. The van der Waals surface area contributed by atoms with Crippen molar-refractivity contribution >= 4 is 0 Å². The Balaban J connectivity index is 2.10. The van der Waals surface area contributed by atoms with Crippen molar-refractivity contribution < 1.29 is 13.5 Å². The van der Waals surface area contributed by atoms with Crippen LogP contribution in [-0.2, 0) is 6.42 Å². The van der Waals surface area contributed by atoms with Crippen LogP contribution in [0.2, 0.25) is 0 Å². The highest BCUT2D eigenvalue weighted by atomic mass is 19.3. The molecule has 1 heterocycles. The lowest BCUT2D eigenvalue weighted by Gasteiger charge is -2.30. The van der Waals surface area contributed by atoms with Crippen molar-refractivity contribution in [2.24, 2.45) is 5.92 Å². The second kappa shape index (κ2) is 5.65. The van der Waals surface area contributed by atoms with Gasteiger partial charge in [0.25, 0.3) is 5.92 Å². The van der Waals surface area contributed by atoms with Gasteiger partial charge >= 0.3 is 0 Å². The first-order valence-corrected chi connectivity index (χ1v) is 6.34. The Bertz CT molecular complexity index is 389. The van der Waals surface area contributed by atoms with Gasteiger partial charge in [0.05, 0.1) is 7.11 Å². The lowest BCUT2D eigenvalue weighted by atomic mass is 9.89. The van der Waals surface area contributed by atoms with Gasteiger partial charge in [-0.3, -0.25) is 0 Å². The van der Waals surface area contributed by atoms with Gasteiger partial charge in [-0.2, -0.15) is 0 Å². The van der Waals surface area contributed by atoms with Crippen LogP contribution in [0.25, 0.3) is 0 Å². The summed E-state index contributed by atoms with van der Waals surface area (Å²) in [6.45, 7) is 1.25. The first-order chi connectivity index (χ1) is 8.63. The van der Waals surface area contributed by atoms with Crippen molar-refractivity contribution in [1.82, 2.24) is 5.32 Å². The van der Waals surface area contributed by atoms with E-state index in [2.05, 4.69) is 5.32 Å². The zero-order chi connectivity index (χ0) is 13.0. The fourth-order valence-electron chi connectivity index (χ4n) is 2.46. The molecule has 1 saturated heterocycles. The van der Waals surface area contributed by atoms with E-state index in [1.165, 1.54) is 7.11 Å². The zero-order valence-corrected chi connectivity index (χ0v) is 10.6. The number of rotatable bonds is 4. The van der Waals surface area contributed by atoms with E-state index >= 15 is 0 Å². The summed E-state index contributed by atoms with van der Waals surface area (Å²) in [4.78, 5) is 0. The average Bonchev–Trinajstić information content (AvgIpc) is 2.40. The van der Waals surface area contributed by atoms with Crippen LogP contribution in [0.5, 0.6) is 5.75 Å². The highest BCUT2D eigenvalue weighted by Gasteiger charge is 2.40. The second-order valence-electron chi connectivity index (χ2n) is 4.79. The van der Waals surface area contributed by atoms with Crippen molar-refractivity contribution in [3.63, 3.8) is 0 Å². The summed E-state index contributed by atoms with van der Waals surface area (Å²) >= 11 is 0. The summed E-state index contributed by atoms with van der Waals surface area (Å²) < 4.78 is 33.6. The lowest BCUT2D eigenvalue weighted by Crippen LogP contribution is -2.42. The molecule has 0 radical (unpaired) electrons. The molecule has 0 aliphatic carbocycles. The summed E-state index contributed by atoms with van der Waals surface area (Å²) in [6.07, 6.45) is 1.17. The summed E-state index contributed by atoms with van der Waals surface area (Å²) in [6, 6.07) is 7.00. The lowest BCUT2D eigenvalue weighted by molar-refractivity contribution is -0.0650. The largest absolute Gasteiger partial charge is 0.496 e. The topological polar surface area (TPSA) is 21.3 Å². The number of piperidine rings is 1. The van der Waals surface area contributed by atoms with Crippen LogP contribution in [0.3, 0.4) is 0 Å². The van der Waals surface area contributed by atoms with Crippen LogP contribution in [-0.4, -0.2) is 26.1 Å². The summed E-state index contributed by atoms with van der Waals surface area (Å²) in [7, 11) is 1.51. The number of nitrogens with one attached hydrogen (secondary N) is 1.